The van der Waals surface area contributed by atoms with Gasteiger partial charge in [-0.25, -0.2) is 18.2 Å². The van der Waals surface area contributed by atoms with Crippen LogP contribution in [-0.2, 0) is 10.0 Å². The average Bonchev–Trinajstić information content (AvgIpc) is 2.38. The van der Waals surface area contributed by atoms with E-state index in [0.29, 0.717) is 26.2 Å². The van der Waals surface area contributed by atoms with Crippen LogP contribution >= 0.6 is 0 Å². The first-order valence-electron chi connectivity index (χ1n) is 5.77. The molecule has 1 N–H and O–H groups in total. The Morgan fingerprint density at radius 1 is 1.26 bits per heavy atom. The molecule has 1 aromatic heterocycles. The quantitative estimate of drug-likeness (QED) is 0.831. The van der Waals surface area contributed by atoms with Crippen LogP contribution in [0.2, 0.25) is 0 Å². The van der Waals surface area contributed by atoms with E-state index in [9.17, 15) is 13.2 Å². The molecule has 19 heavy (non-hydrogen) atoms. The van der Waals surface area contributed by atoms with Crippen LogP contribution in [0.4, 0.5) is 5.69 Å². The van der Waals surface area contributed by atoms with Gasteiger partial charge in [0.2, 0.25) is 10.0 Å². The fourth-order valence-electron chi connectivity index (χ4n) is 1.98. The average molecular weight is 285 g/mol. The molecule has 0 aliphatic carbocycles. The van der Waals surface area contributed by atoms with E-state index in [4.69, 9.17) is 5.11 Å². The predicted octanol–water partition coefficient (Wildman–Crippen LogP) is -0.139. The Hall–Kier alpha value is -1.67. The summed E-state index contributed by atoms with van der Waals surface area (Å²) in [7, 11) is -3.14. The van der Waals surface area contributed by atoms with Gasteiger partial charge in [-0.2, -0.15) is 4.31 Å². The third kappa shape index (κ3) is 3.21. The Bertz CT molecular complexity index is 562. The molecule has 1 aromatic rings. The summed E-state index contributed by atoms with van der Waals surface area (Å²) in [6.45, 7) is 2.00. The maximum atomic E-state index is 11.4. The highest BCUT2D eigenvalue weighted by molar-refractivity contribution is 7.88. The maximum absolute atomic E-state index is 11.4. The topological polar surface area (TPSA) is 90.8 Å². The van der Waals surface area contributed by atoms with Crippen molar-refractivity contribution in [3.8, 4) is 0 Å². The number of aromatic carboxylic acids is 1. The Morgan fingerprint density at radius 3 is 2.32 bits per heavy atom. The molecule has 1 fully saturated rings. The van der Waals surface area contributed by atoms with E-state index < -0.39 is 16.0 Å². The lowest BCUT2D eigenvalue weighted by Crippen LogP contribution is -2.48. The summed E-state index contributed by atoms with van der Waals surface area (Å²) >= 11 is 0. The number of nitrogens with zero attached hydrogens (tertiary/aromatic N) is 3. The summed E-state index contributed by atoms with van der Waals surface area (Å²) in [6, 6.07) is 3.13. The number of sulfonamides is 1. The van der Waals surface area contributed by atoms with Crippen molar-refractivity contribution in [1.29, 1.82) is 0 Å². The van der Waals surface area contributed by atoms with Gasteiger partial charge < -0.3 is 10.0 Å². The highest BCUT2D eigenvalue weighted by Crippen LogP contribution is 2.16. The first-order valence-corrected chi connectivity index (χ1v) is 7.62. The van der Waals surface area contributed by atoms with Crippen LogP contribution in [0.5, 0.6) is 0 Å². The van der Waals surface area contributed by atoms with Gasteiger partial charge in [-0.05, 0) is 12.1 Å². The van der Waals surface area contributed by atoms with E-state index in [2.05, 4.69) is 4.98 Å². The van der Waals surface area contributed by atoms with Crippen molar-refractivity contribution in [3.05, 3.63) is 24.0 Å². The van der Waals surface area contributed by atoms with Crippen LogP contribution in [0.15, 0.2) is 18.3 Å². The molecule has 8 heteroatoms. The van der Waals surface area contributed by atoms with E-state index in [1.165, 1.54) is 22.8 Å². The molecule has 0 spiro atoms. The van der Waals surface area contributed by atoms with Gasteiger partial charge in [-0.15, -0.1) is 0 Å². The van der Waals surface area contributed by atoms with E-state index >= 15 is 0 Å². The number of aromatic nitrogens is 1. The molecule has 1 aliphatic rings. The number of carbonyl (C=O) groups is 1. The van der Waals surface area contributed by atoms with Gasteiger partial charge in [0.25, 0.3) is 0 Å². The highest BCUT2D eigenvalue weighted by Gasteiger charge is 2.23. The molecule has 1 saturated heterocycles. The van der Waals surface area contributed by atoms with Crippen LogP contribution in [0.1, 0.15) is 10.5 Å². The zero-order valence-electron chi connectivity index (χ0n) is 10.5. The molecule has 0 unspecified atom stereocenters. The molecule has 0 saturated carbocycles. The maximum Gasteiger partial charge on any atom is 0.354 e. The van der Waals surface area contributed by atoms with Crippen molar-refractivity contribution in [2.45, 2.75) is 0 Å². The number of carboxylic acid groups (broad SMARTS) is 1. The Labute approximate surface area is 111 Å². The van der Waals surface area contributed by atoms with Crippen molar-refractivity contribution >= 4 is 21.7 Å². The summed E-state index contributed by atoms with van der Waals surface area (Å²) in [5.74, 6) is -1.06. The summed E-state index contributed by atoms with van der Waals surface area (Å²) < 4.78 is 24.2. The molecule has 0 amide bonds. The third-order valence-corrected chi connectivity index (χ3v) is 4.34. The minimum absolute atomic E-state index is 0.00137. The first-order chi connectivity index (χ1) is 8.88. The van der Waals surface area contributed by atoms with Crippen molar-refractivity contribution in [2.24, 2.45) is 0 Å². The van der Waals surface area contributed by atoms with Crippen molar-refractivity contribution in [2.75, 3.05) is 37.3 Å². The number of hydrogen-bond acceptors (Lipinski definition) is 5. The Balaban J connectivity index is 2.03. The molecule has 7 nitrogen and oxygen atoms in total. The normalized spacial score (nSPS) is 17.4. The molecule has 0 aromatic carbocycles. The van der Waals surface area contributed by atoms with Gasteiger partial charge in [0.05, 0.1) is 18.1 Å². The van der Waals surface area contributed by atoms with Gasteiger partial charge in [0.1, 0.15) is 5.69 Å². The molecule has 1 aliphatic heterocycles. The van der Waals surface area contributed by atoms with E-state index in [-0.39, 0.29) is 5.69 Å². The van der Waals surface area contributed by atoms with Gasteiger partial charge in [0, 0.05) is 26.2 Å². The summed E-state index contributed by atoms with van der Waals surface area (Å²) in [6.07, 6.45) is 2.70. The largest absolute Gasteiger partial charge is 0.477 e. The van der Waals surface area contributed by atoms with Crippen LogP contribution < -0.4 is 4.90 Å². The summed E-state index contributed by atoms with van der Waals surface area (Å²) in [4.78, 5) is 16.5. The van der Waals surface area contributed by atoms with E-state index in [1.807, 2.05) is 4.90 Å². The molecular formula is C11H15N3O4S. The molecule has 2 heterocycles. The van der Waals surface area contributed by atoms with Crippen LogP contribution in [-0.4, -0.2) is 61.2 Å². The van der Waals surface area contributed by atoms with E-state index in [1.54, 1.807) is 6.07 Å². The number of rotatable bonds is 3. The number of hydrogen-bond donors (Lipinski definition) is 1. The predicted molar refractivity (Wildman–Crippen MR) is 69.8 cm³/mol. The van der Waals surface area contributed by atoms with Crippen LogP contribution in [0.25, 0.3) is 0 Å². The summed E-state index contributed by atoms with van der Waals surface area (Å²) in [5, 5.41) is 8.76. The van der Waals surface area contributed by atoms with Crippen LogP contribution in [0, 0.1) is 0 Å². The minimum atomic E-state index is -3.14. The lowest BCUT2D eigenvalue weighted by Gasteiger charge is -2.34. The zero-order valence-corrected chi connectivity index (χ0v) is 11.3. The van der Waals surface area contributed by atoms with E-state index in [0.717, 1.165) is 5.69 Å². The monoisotopic (exact) mass is 285 g/mol. The number of carboxylic acids is 1. The molecule has 0 atom stereocenters. The standard InChI is InChI=1S/C11H15N3O4S/c1-19(17,18)14-6-4-13(5-7-14)9-2-3-10(11(15)16)12-8-9/h2-3,8H,4-7H2,1H3,(H,15,16). The molecular weight excluding hydrogens is 270 g/mol. The van der Waals surface area contributed by atoms with Crippen LogP contribution in [0.3, 0.4) is 0 Å². The second-order valence-electron chi connectivity index (χ2n) is 4.36. The molecule has 0 bridgehead atoms. The summed E-state index contributed by atoms with van der Waals surface area (Å²) in [5.41, 5.74) is 0.802. The lowest BCUT2D eigenvalue weighted by atomic mass is 10.3. The Kier molecular flexibility index (Phi) is 3.72. The minimum Gasteiger partial charge on any atom is -0.477 e. The van der Waals surface area contributed by atoms with Crippen molar-refractivity contribution in [1.82, 2.24) is 9.29 Å². The third-order valence-electron chi connectivity index (χ3n) is 3.04. The lowest BCUT2D eigenvalue weighted by molar-refractivity contribution is 0.0690. The molecule has 0 radical (unpaired) electrons. The number of pyridine rings is 1. The molecule has 104 valence electrons. The van der Waals surface area contributed by atoms with Gasteiger partial charge >= 0.3 is 5.97 Å². The number of anilines is 1. The number of piperazine rings is 1. The first kappa shape index (κ1) is 13.8. The fourth-order valence-corrected chi connectivity index (χ4v) is 2.80. The zero-order chi connectivity index (χ0) is 14.0. The fraction of sp³-hybridized carbons (Fsp3) is 0.455. The van der Waals surface area contributed by atoms with Gasteiger partial charge in [0.15, 0.2) is 0 Å². The van der Waals surface area contributed by atoms with Crippen molar-refractivity contribution < 1.29 is 18.3 Å². The Morgan fingerprint density at radius 2 is 1.89 bits per heavy atom. The molecule has 2 rings (SSSR count). The highest BCUT2D eigenvalue weighted by atomic mass is 32.2. The van der Waals surface area contributed by atoms with Crippen molar-refractivity contribution in [3.63, 3.8) is 0 Å². The smallest absolute Gasteiger partial charge is 0.354 e. The second-order valence-corrected chi connectivity index (χ2v) is 6.34. The SMILES string of the molecule is CS(=O)(=O)N1CCN(c2ccc(C(=O)O)nc2)CC1. The van der Waals surface area contributed by atoms with Gasteiger partial charge in [-0.3, -0.25) is 0 Å². The van der Waals surface area contributed by atoms with Gasteiger partial charge in [-0.1, -0.05) is 0 Å². The second kappa shape index (κ2) is 5.14.